The van der Waals surface area contributed by atoms with Crippen molar-refractivity contribution in [1.82, 2.24) is 0 Å². The Kier molecular flexibility index (Phi) is 3.78. The molecule has 4 rings (SSSR count). The summed E-state index contributed by atoms with van der Waals surface area (Å²) in [5, 5.41) is 12.5. The van der Waals surface area contributed by atoms with Crippen molar-refractivity contribution < 1.29 is 14.7 Å². The average molecular weight is 337 g/mol. The number of rotatable bonds is 3. The lowest BCUT2D eigenvalue weighted by molar-refractivity contribution is -0.122. The van der Waals surface area contributed by atoms with Crippen LogP contribution in [0.1, 0.15) is 43.2 Å². The van der Waals surface area contributed by atoms with Crippen molar-refractivity contribution in [3.63, 3.8) is 0 Å². The summed E-state index contributed by atoms with van der Waals surface area (Å²) in [6.07, 6.45) is 7.26. The predicted octanol–water partition coefficient (Wildman–Crippen LogP) is 4.04. The van der Waals surface area contributed by atoms with Crippen molar-refractivity contribution in [2.24, 2.45) is 16.5 Å². The monoisotopic (exact) mass is 337 g/mol. The summed E-state index contributed by atoms with van der Waals surface area (Å²) in [6, 6.07) is 6.33. The normalized spacial score (nSPS) is 31.8. The molecule has 0 amide bonds. The number of hydrogen-bond acceptors (Lipinski definition) is 4. The van der Waals surface area contributed by atoms with Crippen LogP contribution in [0.3, 0.4) is 0 Å². The lowest BCUT2D eigenvalue weighted by atomic mass is 9.60. The maximum absolute atomic E-state index is 12.6. The molecule has 2 saturated carbocycles. The number of fused-ring (bicyclic) bond motifs is 5. The Bertz CT molecular complexity index is 807. The highest BCUT2D eigenvalue weighted by Crippen LogP contribution is 2.57. The standard InChI is InChI=1S/C21H23NO3/c1-3-10-25-14-5-7-15-13(11-14)4-6-17-16(15)8-9-21(2)18(17)12-19(22-24)20(21)23/h3,5-7,11,16,18,24H,1,4,8-10,12H2,2H3/b22-19+/t16-,18+,21+/m1/s1. The zero-order valence-electron chi connectivity index (χ0n) is 14.5. The molecule has 4 heteroatoms. The van der Waals surface area contributed by atoms with Crippen LogP contribution in [-0.2, 0) is 11.2 Å². The highest BCUT2D eigenvalue weighted by molar-refractivity contribution is 6.43. The first-order valence-electron chi connectivity index (χ1n) is 8.90. The van der Waals surface area contributed by atoms with E-state index >= 15 is 0 Å². The minimum absolute atomic E-state index is 0.0262. The van der Waals surface area contributed by atoms with E-state index in [4.69, 9.17) is 4.74 Å². The van der Waals surface area contributed by atoms with Crippen LogP contribution < -0.4 is 4.74 Å². The zero-order valence-corrected chi connectivity index (χ0v) is 14.5. The fraction of sp³-hybridized carbons (Fsp3) is 0.429. The number of allylic oxidation sites excluding steroid dienone is 2. The fourth-order valence-electron chi connectivity index (χ4n) is 4.90. The molecule has 3 atom stereocenters. The zero-order chi connectivity index (χ0) is 17.6. The van der Waals surface area contributed by atoms with Gasteiger partial charge in [0.2, 0.25) is 0 Å². The second kappa shape index (κ2) is 5.87. The number of oxime groups is 1. The van der Waals surface area contributed by atoms with Gasteiger partial charge in [-0.15, -0.1) is 0 Å². The van der Waals surface area contributed by atoms with Crippen LogP contribution in [0.25, 0.3) is 0 Å². The molecule has 0 heterocycles. The average Bonchev–Trinajstić information content (AvgIpc) is 2.90. The molecule has 3 aliphatic carbocycles. The second-order valence-corrected chi connectivity index (χ2v) is 7.51. The SMILES string of the molecule is C=CCOc1ccc2c(c1)CC=C1[C@@H]2CC[C@]2(C)C(=O)/C(=N/O)C[C@@H]12. The number of carbonyl (C=O) groups is 1. The van der Waals surface area contributed by atoms with Crippen LogP contribution in [0.15, 0.2) is 47.7 Å². The number of ketones is 1. The Morgan fingerprint density at radius 3 is 3.08 bits per heavy atom. The number of ether oxygens (including phenoxy) is 1. The van der Waals surface area contributed by atoms with Crippen LogP contribution in [0.2, 0.25) is 0 Å². The Morgan fingerprint density at radius 1 is 1.48 bits per heavy atom. The molecule has 1 aromatic rings. The Labute approximate surface area is 147 Å². The maximum Gasteiger partial charge on any atom is 0.186 e. The lowest BCUT2D eigenvalue weighted by Gasteiger charge is -2.43. The van der Waals surface area contributed by atoms with E-state index in [1.165, 1.54) is 16.7 Å². The van der Waals surface area contributed by atoms with E-state index in [1.54, 1.807) is 6.08 Å². The van der Waals surface area contributed by atoms with Gasteiger partial charge in [0.1, 0.15) is 18.1 Å². The van der Waals surface area contributed by atoms with E-state index in [1.807, 2.05) is 13.0 Å². The molecule has 0 unspecified atom stereocenters. The van der Waals surface area contributed by atoms with E-state index in [2.05, 4.69) is 29.9 Å². The lowest BCUT2D eigenvalue weighted by Crippen LogP contribution is -2.37. The predicted molar refractivity (Wildman–Crippen MR) is 96.3 cm³/mol. The van der Waals surface area contributed by atoms with Crippen LogP contribution in [-0.4, -0.2) is 23.3 Å². The van der Waals surface area contributed by atoms with Gasteiger partial charge in [-0.2, -0.15) is 0 Å². The number of nitrogens with zero attached hydrogens (tertiary/aromatic N) is 1. The van der Waals surface area contributed by atoms with E-state index in [-0.39, 0.29) is 11.7 Å². The molecule has 2 fully saturated rings. The van der Waals surface area contributed by atoms with Gasteiger partial charge in [0.15, 0.2) is 5.78 Å². The molecule has 0 aliphatic heterocycles. The molecule has 0 radical (unpaired) electrons. The smallest absolute Gasteiger partial charge is 0.186 e. The third-order valence-electron chi connectivity index (χ3n) is 6.24. The highest BCUT2D eigenvalue weighted by Gasteiger charge is 2.55. The Hall–Kier alpha value is -2.36. The Morgan fingerprint density at radius 2 is 2.32 bits per heavy atom. The van der Waals surface area contributed by atoms with Crippen molar-refractivity contribution in [1.29, 1.82) is 0 Å². The molecule has 1 aromatic carbocycles. The Balaban J connectivity index is 1.67. The van der Waals surface area contributed by atoms with Gasteiger partial charge in [0.25, 0.3) is 0 Å². The van der Waals surface area contributed by atoms with Crippen molar-refractivity contribution in [3.05, 3.63) is 53.6 Å². The van der Waals surface area contributed by atoms with Gasteiger partial charge in [-0.25, -0.2) is 0 Å². The molecule has 0 saturated heterocycles. The maximum atomic E-state index is 12.6. The molecular formula is C21H23NO3. The quantitative estimate of drug-likeness (QED) is 0.514. The van der Waals surface area contributed by atoms with Crippen LogP contribution in [0.4, 0.5) is 0 Å². The van der Waals surface area contributed by atoms with E-state index < -0.39 is 5.41 Å². The van der Waals surface area contributed by atoms with Crippen LogP contribution in [0, 0.1) is 11.3 Å². The van der Waals surface area contributed by atoms with Gasteiger partial charge < -0.3 is 9.94 Å². The van der Waals surface area contributed by atoms with Crippen LogP contribution in [0.5, 0.6) is 5.75 Å². The number of Topliss-reactive ketones (excluding diaryl/α,β-unsaturated/α-hetero) is 1. The van der Waals surface area contributed by atoms with Crippen molar-refractivity contribution >= 4 is 11.5 Å². The molecule has 130 valence electrons. The third kappa shape index (κ3) is 2.35. The summed E-state index contributed by atoms with van der Waals surface area (Å²) in [5.74, 6) is 1.43. The van der Waals surface area contributed by atoms with Gasteiger partial charge in [-0.3, -0.25) is 4.79 Å². The first-order valence-corrected chi connectivity index (χ1v) is 8.90. The minimum atomic E-state index is -0.408. The molecule has 4 nitrogen and oxygen atoms in total. The summed E-state index contributed by atoms with van der Waals surface area (Å²) in [6.45, 7) is 6.23. The summed E-state index contributed by atoms with van der Waals surface area (Å²) in [7, 11) is 0. The molecule has 3 aliphatic rings. The highest BCUT2D eigenvalue weighted by atomic mass is 16.5. The topological polar surface area (TPSA) is 58.9 Å². The minimum Gasteiger partial charge on any atom is -0.490 e. The molecule has 0 bridgehead atoms. The molecular weight excluding hydrogens is 314 g/mol. The van der Waals surface area contributed by atoms with Gasteiger partial charge in [0.05, 0.1) is 0 Å². The van der Waals surface area contributed by atoms with Crippen molar-refractivity contribution in [2.45, 2.75) is 38.5 Å². The number of carbonyl (C=O) groups excluding carboxylic acids is 1. The summed E-state index contributed by atoms with van der Waals surface area (Å²) in [5.41, 5.74) is 3.95. The third-order valence-corrected chi connectivity index (χ3v) is 6.24. The molecule has 1 N–H and O–H groups in total. The first kappa shape index (κ1) is 16.1. The van der Waals surface area contributed by atoms with Crippen molar-refractivity contribution in [2.75, 3.05) is 6.61 Å². The van der Waals surface area contributed by atoms with Crippen molar-refractivity contribution in [3.8, 4) is 5.75 Å². The molecule has 0 aromatic heterocycles. The summed E-state index contributed by atoms with van der Waals surface area (Å²) < 4.78 is 5.66. The largest absolute Gasteiger partial charge is 0.490 e. The second-order valence-electron chi connectivity index (χ2n) is 7.51. The van der Waals surface area contributed by atoms with Gasteiger partial charge in [-0.1, -0.05) is 42.4 Å². The van der Waals surface area contributed by atoms with Gasteiger partial charge in [0, 0.05) is 17.8 Å². The fourth-order valence-corrected chi connectivity index (χ4v) is 4.90. The molecule has 25 heavy (non-hydrogen) atoms. The number of benzene rings is 1. The number of hydrogen-bond donors (Lipinski definition) is 1. The van der Waals surface area contributed by atoms with E-state index in [0.29, 0.717) is 24.7 Å². The first-order chi connectivity index (χ1) is 12.1. The van der Waals surface area contributed by atoms with E-state index in [9.17, 15) is 10.0 Å². The summed E-state index contributed by atoms with van der Waals surface area (Å²) in [4.78, 5) is 12.6. The van der Waals surface area contributed by atoms with Gasteiger partial charge >= 0.3 is 0 Å². The summed E-state index contributed by atoms with van der Waals surface area (Å²) >= 11 is 0. The van der Waals surface area contributed by atoms with E-state index in [0.717, 1.165) is 25.0 Å². The molecule has 0 spiro atoms. The van der Waals surface area contributed by atoms with Gasteiger partial charge in [-0.05, 0) is 48.4 Å². The van der Waals surface area contributed by atoms with Crippen LogP contribution >= 0.6 is 0 Å².